The lowest BCUT2D eigenvalue weighted by molar-refractivity contribution is 0.596. The maximum Gasteiger partial charge on any atom is 0.124 e. The van der Waals surface area contributed by atoms with Crippen molar-refractivity contribution in [2.45, 2.75) is 32.9 Å². The highest BCUT2D eigenvalue weighted by Crippen LogP contribution is 2.28. The summed E-state index contributed by atoms with van der Waals surface area (Å²) < 4.78 is 15.1. The fourth-order valence-electron chi connectivity index (χ4n) is 2.23. The van der Waals surface area contributed by atoms with Crippen molar-refractivity contribution < 1.29 is 4.39 Å². The van der Waals surface area contributed by atoms with Crippen LogP contribution in [0.5, 0.6) is 0 Å². The van der Waals surface area contributed by atoms with E-state index in [0.29, 0.717) is 5.02 Å². The number of benzene rings is 1. The van der Waals surface area contributed by atoms with Crippen LogP contribution in [-0.4, -0.2) is 16.3 Å². The van der Waals surface area contributed by atoms with Gasteiger partial charge in [-0.25, -0.2) is 4.39 Å². The van der Waals surface area contributed by atoms with Gasteiger partial charge in [0.15, 0.2) is 0 Å². The van der Waals surface area contributed by atoms with Gasteiger partial charge in [0.25, 0.3) is 0 Å². The number of hydrogen-bond donors (Lipinski definition) is 1. The summed E-state index contributed by atoms with van der Waals surface area (Å²) in [5.41, 5.74) is 1.90. The third-order valence-electron chi connectivity index (χ3n) is 3.12. The van der Waals surface area contributed by atoms with Crippen molar-refractivity contribution in [2.75, 3.05) is 6.54 Å². The molecule has 1 N–H and O–H groups in total. The van der Waals surface area contributed by atoms with Gasteiger partial charge in [0, 0.05) is 23.3 Å². The zero-order valence-electron chi connectivity index (χ0n) is 11.7. The van der Waals surface area contributed by atoms with Crippen molar-refractivity contribution in [3.8, 4) is 0 Å². The molecule has 0 aliphatic rings. The minimum Gasteiger partial charge on any atom is -0.306 e. The summed E-state index contributed by atoms with van der Waals surface area (Å²) in [4.78, 5) is 0. The molecule has 1 atom stereocenters. The van der Waals surface area contributed by atoms with Crippen LogP contribution in [0.1, 0.15) is 37.4 Å². The molecule has 0 fully saturated rings. The number of hydrogen-bond acceptors (Lipinski definition) is 2. The minimum absolute atomic E-state index is 0.0706. The fourth-order valence-corrected chi connectivity index (χ4v) is 2.50. The zero-order valence-corrected chi connectivity index (χ0v) is 12.5. The Labute approximate surface area is 123 Å². The standard InChI is InChI=1S/C15H19ClFN3/c1-3-7-20-10-11(9-19-20)15(18-4-2)13-6-5-12(17)8-14(13)16/h5-6,8-10,15,18H,3-4,7H2,1-2H3. The third-order valence-corrected chi connectivity index (χ3v) is 3.45. The number of rotatable bonds is 6. The summed E-state index contributed by atoms with van der Waals surface area (Å²) in [5, 5.41) is 8.14. The number of halogens is 2. The molecule has 0 saturated carbocycles. The van der Waals surface area contributed by atoms with Gasteiger partial charge in [0.2, 0.25) is 0 Å². The van der Waals surface area contributed by atoms with E-state index in [1.807, 2.05) is 24.0 Å². The first-order chi connectivity index (χ1) is 9.65. The smallest absolute Gasteiger partial charge is 0.124 e. The van der Waals surface area contributed by atoms with Crippen LogP contribution in [0.15, 0.2) is 30.6 Å². The lowest BCUT2D eigenvalue weighted by Gasteiger charge is -2.18. The van der Waals surface area contributed by atoms with Crippen LogP contribution < -0.4 is 5.32 Å². The molecular formula is C15H19ClFN3. The van der Waals surface area contributed by atoms with Gasteiger partial charge in [-0.05, 0) is 30.7 Å². The van der Waals surface area contributed by atoms with E-state index in [-0.39, 0.29) is 11.9 Å². The zero-order chi connectivity index (χ0) is 14.5. The monoisotopic (exact) mass is 295 g/mol. The van der Waals surface area contributed by atoms with E-state index in [2.05, 4.69) is 17.3 Å². The molecule has 5 heteroatoms. The molecule has 3 nitrogen and oxygen atoms in total. The summed E-state index contributed by atoms with van der Waals surface area (Å²) >= 11 is 6.17. The molecule has 0 bridgehead atoms. The molecule has 0 amide bonds. The average Bonchev–Trinajstić information content (AvgIpc) is 2.86. The summed E-state index contributed by atoms with van der Waals surface area (Å²) in [6.07, 6.45) is 4.88. The van der Waals surface area contributed by atoms with E-state index in [9.17, 15) is 4.39 Å². The average molecular weight is 296 g/mol. The van der Waals surface area contributed by atoms with Crippen LogP contribution in [-0.2, 0) is 6.54 Å². The summed E-state index contributed by atoms with van der Waals surface area (Å²) in [7, 11) is 0. The molecule has 20 heavy (non-hydrogen) atoms. The molecule has 0 aliphatic carbocycles. The first-order valence-corrected chi connectivity index (χ1v) is 7.24. The van der Waals surface area contributed by atoms with Gasteiger partial charge in [0.05, 0.1) is 12.2 Å². The molecule has 0 aliphatic heterocycles. The molecule has 0 radical (unpaired) electrons. The van der Waals surface area contributed by atoms with Gasteiger partial charge in [-0.2, -0.15) is 5.10 Å². The summed E-state index contributed by atoms with van der Waals surface area (Å²) in [5.74, 6) is -0.323. The van der Waals surface area contributed by atoms with Crippen molar-refractivity contribution in [3.63, 3.8) is 0 Å². The summed E-state index contributed by atoms with van der Waals surface area (Å²) in [6.45, 7) is 5.81. The number of nitrogens with one attached hydrogen (secondary N) is 1. The Hall–Kier alpha value is -1.39. The third kappa shape index (κ3) is 3.38. The van der Waals surface area contributed by atoms with Gasteiger partial charge in [-0.3, -0.25) is 4.68 Å². The molecule has 108 valence electrons. The van der Waals surface area contributed by atoms with E-state index in [1.54, 1.807) is 6.07 Å². The molecule has 1 aromatic heterocycles. The largest absolute Gasteiger partial charge is 0.306 e. The second kappa shape index (κ2) is 6.86. The molecule has 1 unspecified atom stereocenters. The van der Waals surface area contributed by atoms with Gasteiger partial charge in [-0.1, -0.05) is 31.5 Å². The first-order valence-electron chi connectivity index (χ1n) is 6.86. The van der Waals surface area contributed by atoms with Gasteiger partial charge < -0.3 is 5.32 Å². The highest BCUT2D eigenvalue weighted by atomic mass is 35.5. The quantitative estimate of drug-likeness (QED) is 0.879. The Morgan fingerprint density at radius 1 is 1.40 bits per heavy atom. The minimum atomic E-state index is -0.323. The van der Waals surface area contributed by atoms with Crippen molar-refractivity contribution in [3.05, 3.63) is 52.6 Å². The first kappa shape index (κ1) is 15.0. The lowest BCUT2D eigenvalue weighted by atomic mass is 10.0. The van der Waals surface area contributed by atoms with Crippen LogP contribution in [0.3, 0.4) is 0 Å². The normalized spacial score (nSPS) is 12.6. The van der Waals surface area contributed by atoms with Crippen molar-refractivity contribution >= 4 is 11.6 Å². The molecule has 2 rings (SSSR count). The van der Waals surface area contributed by atoms with Crippen LogP contribution in [0.25, 0.3) is 0 Å². The van der Waals surface area contributed by atoms with Gasteiger partial charge >= 0.3 is 0 Å². The molecule has 0 spiro atoms. The van der Waals surface area contributed by atoms with E-state index in [0.717, 1.165) is 30.6 Å². The van der Waals surface area contributed by atoms with Crippen LogP contribution in [0, 0.1) is 5.82 Å². The predicted octanol–water partition coefficient (Wildman–Crippen LogP) is 3.78. The molecule has 1 heterocycles. The number of aromatic nitrogens is 2. The SMILES string of the molecule is CCCn1cc(C(NCC)c2ccc(F)cc2Cl)cn1. The molecule has 1 aromatic carbocycles. The second-order valence-electron chi connectivity index (χ2n) is 4.69. The van der Waals surface area contributed by atoms with E-state index in [4.69, 9.17) is 11.6 Å². The topological polar surface area (TPSA) is 29.9 Å². The van der Waals surface area contributed by atoms with Crippen molar-refractivity contribution in [1.29, 1.82) is 0 Å². The highest BCUT2D eigenvalue weighted by molar-refractivity contribution is 6.31. The summed E-state index contributed by atoms with van der Waals surface area (Å²) in [6, 6.07) is 4.43. The van der Waals surface area contributed by atoms with Gasteiger partial charge in [-0.15, -0.1) is 0 Å². The lowest BCUT2D eigenvalue weighted by Crippen LogP contribution is -2.22. The van der Waals surface area contributed by atoms with E-state index < -0.39 is 0 Å². The Kier molecular flexibility index (Phi) is 5.15. The van der Waals surface area contributed by atoms with E-state index >= 15 is 0 Å². The van der Waals surface area contributed by atoms with Crippen LogP contribution in [0.4, 0.5) is 4.39 Å². The Balaban J connectivity index is 2.34. The maximum atomic E-state index is 13.2. The molecule has 0 saturated heterocycles. The maximum absolute atomic E-state index is 13.2. The van der Waals surface area contributed by atoms with Crippen LogP contribution in [0.2, 0.25) is 5.02 Å². The second-order valence-corrected chi connectivity index (χ2v) is 5.10. The molecule has 2 aromatic rings. The Bertz CT molecular complexity index is 568. The van der Waals surface area contributed by atoms with Crippen molar-refractivity contribution in [2.24, 2.45) is 0 Å². The van der Waals surface area contributed by atoms with E-state index in [1.165, 1.54) is 12.1 Å². The Morgan fingerprint density at radius 3 is 2.85 bits per heavy atom. The highest BCUT2D eigenvalue weighted by Gasteiger charge is 2.18. The van der Waals surface area contributed by atoms with Crippen LogP contribution >= 0.6 is 11.6 Å². The Morgan fingerprint density at radius 2 is 2.20 bits per heavy atom. The molecular weight excluding hydrogens is 277 g/mol. The fraction of sp³-hybridized carbons (Fsp3) is 0.400. The van der Waals surface area contributed by atoms with Gasteiger partial charge in [0.1, 0.15) is 5.82 Å². The number of aryl methyl sites for hydroxylation is 1. The predicted molar refractivity (Wildman–Crippen MR) is 79.4 cm³/mol. The van der Waals surface area contributed by atoms with Crippen molar-refractivity contribution in [1.82, 2.24) is 15.1 Å². The number of nitrogens with zero attached hydrogens (tertiary/aromatic N) is 2.